The maximum Gasteiger partial charge on any atom is 0.420 e. The van der Waals surface area contributed by atoms with Gasteiger partial charge in [0.1, 0.15) is 29.8 Å². The summed E-state index contributed by atoms with van der Waals surface area (Å²) in [5.74, 6) is -0.849. The molecule has 0 spiro atoms. The van der Waals surface area contributed by atoms with E-state index in [1.54, 1.807) is 31.4 Å². The number of pyridine rings is 1. The minimum Gasteiger partial charge on any atom is -0.489 e. The van der Waals surface area contributed by atoms with E-state index in [0.717, 1.165) is 0 Å². The smallest absolute Gasteiger partial charge is 0.420 e. The highest BCUT2D eigenvalue weighted by molar-refractivity contribution is 5.95. The zero-order chi connectivity index (χ0) is 28.0. The van der Waals surface area contributed by atoms with E-state index < -0.39 is 23.5 Å². The van der Waals surface area contributed by atoms with E-state index >= 15 is 4.39 Å². The molecular weight excluding hydrogens is 520 g/mol. The van der Waals surface area contributed by atoms with Gasteiger partial charge in [-0.15, -0.1) is 0 Å². The Morgan fingerprint density at radius 2 is 1.90 bits per heavy atom. The van der Waals surface area contributed by atoms with E-state index in [4.69, 9.17) is 24.4 Å². The predicted molar refractivity (Wildman–Crippen MR) is 134 cm³/mol. The van der Waals surface area contributed by atoms with Crippen molar-refractivity contribution in [1.82, 2.24) is 4.98 Å². The van der Waals surface area contributed by atoms with Crippen LogP contribution in [-0.2, 0) is 40.0 Å². The Kier molecular flexibility index (Phi) is 8.82. The fraction of sp³-hybridized carbons (Fsp3) is 0.286. The second kappa shape index (κ2) is 12.3. The van der Waals surface area contributed by atoms with Gasteiger partial charge in [-0.3, -0.25) is 9.78 Å². The monoisotopic (exact) mass is 546 g/mol. The number of benzene rings is 2. The highest BCUT2D eigenvalue weighted by atomic mass is 19.4. The Bertz CT molecular complexity index is 1450. The molecule has 0 aliphatic carbocycles. The Morgan fingerprint density at radius 3 is 2.64 bits per heavy atom. The molecule has 4 aromatic rings. The number of para-hydroxylation sites is 1. The van der Waals surface area contributed by atoms with E-state index in [2.05, 4.69) is 4.98 Å². The van der Waals surface area contributed by atoms with Gasteiger partial charge in [-0.2, -0.15) is 13.2 Å². The first-order valence-electron chi connectivity index (χ1n) is 12.0. The maximum absolute atomic E-state index is 15.1. The molecule has 0 aliphatic rings. The summed E-state index contributed by atoms with van der Waals surface area (Å²) in [6.45, 7) is 0.316. The van der Waals surface area contributed by atoms with Crippen molar-refractivity contribution >= 4 is 16.9 Å². The van der Waals surface area contributed by atoms with Gasteiger partial charge in [0.05, 0.1) is 18.7 Å². The standard InChI is InChI=1S/C28H26F4N2O5/c1-36-9-4-10-37-25(35)13-18-5-2-3-6-24(18)38-15-17-11-20(19-7-8-34-23(14-33)26(19)29)27-21(12-17)22(16-39-27)28(30,31)32/h2-3,5-8,11-12,16H,4,9-10,13-15,33H2,1H3. The lowest BCUT2D eigenvalue weighted by Gasteiger charge is -2.14. The molecule has 0 saturated heterocycles. The molecule has 4 rings (SSSR count). The molecule has 2 N–H and O–H groups in total. The zero-order valence-electron chi connectivity index (χ0n) is 21.0. The van der Waals surface area contributed by atoms with Crippen LogP contribution in [0.2, 0.25) is 0 Å². The van der Waals surface area contributed by atoms with Crippen LogP contribution in [0.4, 0.5) is 17.6 Å². The molecule has 11 heteroatoms. The number of fused-ring (bicyclic) bond motifs is 1. The average Bonchev–Trinajstić information content (AvgIpc) is 3.35. The molecule has 0 unspecified atom stereocenters. The fourth-order valence-corrected chi connectivity index (χ4v) is 4.08. The molecule has 7 nitrogen and oxygen atoms in total. The Labute approximate surface area is 221 Å². The first kappa shape index (κ1) is 28.1. The number of alkyl halides is 3. The summed E-state index contributed by atoms with van der Waals surface area (Å²) in [5, 5.41) is -0.239. The lowest BCUT2D eigenvalue weighted by atomic mass is 9.98. The van der Waals surface area contributed by atoms with Gasteiger partial charge in [0, 0.05) is 55.0 Å². The van der Waals surface area contributed by atoms with Crippen LogP contribution in [-0.4, -0.2) is 31.3 Å². The fourth-order valence-electron chi connectivity index (χ4n) is 4.08. The zero-order valence-corrected chi connectivity index (χ0v) is 21.0. The maximum atomic E-state index is 15.1. The first-order chi connectivity index (χ1) is 18.7. The summed E-state index contributed by atoms with van der Waals surface area (Å²) in [5.41, 5.74) is 5.38. The normalized spacial score (nSPS) is 11.6. The third kappa shape index (κ3) is 6.55. The number of carbonyl (C=O) groups excluding carboxylic acids is 1. The van der Waals surface area contributed by atoms with E-state index in [-0.39, 0.29) is 54.0 Å². The minimum absolute atomic E-state index is 0.00278. The number of ether oxygens (including phenoxy) is 3. The van der Waals surface area contributed by atoms with Crippen LogP contribution in [0.3, 0.4) is 0 Å². The Balaban J connectivity index is 1.65. The SMILES string of the molecule is COCCCOC(=O)Cc1ccccc1OCc1cc(-c2ccnc(CN)c2F)c2occ(C(F)(F)F)c2c1. The third-order valence-electron chi connectivity index (χ3n) is 5.94. The van der Waals surface area contributed by atoms with Gasteiger partial charge in [0.25, 0.3) is 0 Å². The number of rotatable bonds is 11. The second-order valence-corrected chi connectivity index (χ2v) is 8.63. The molecule has 0 amide bonds. The number of esters is 1. The Morgan fingerprint density at radius 1 is 1.10 bits per heavy atom. The lowest BCUT2D eigenvalue weighted by molar-refractivity contribution is -0.143. The summed E-state index contributed by atoms with van der Waals surface area (Å²) in [4.78, 5) is 16.1. The van der Waals surface area contributed by atoms with Crippen molar-refractivity contribution in [3.63, 3.8) is 0 Å². The molecule has 0 bridgehead atoms. The number of nitrogens with zero attached hydrogens (tertiary/aromatic N) is 1. The molecule has 206 valence electrons. The lowest BCUT2D eigenvalue weighted by Crippen LogP contribution is -2.11. The highest BCUT2D eigenvalue weighted by Crippen LogP contribution is 2.41. The van der Waals surface area contributed by atoms with Gasteiger partial charge < -0.3 is 24.4 Å². The summed E-state index contributed by atoms with van der Waals surface area (Å²) in [6, 6.07) is 10.9. The predicted octanol–water partition coefficient (Wildman–Crippen LogP) is 5.81. The molecule has 39 heavy (non-hydrogen) atoms. The summed E-state index contributed by atoms with van der Waals surface area (Å²) in [7, 11) is 1.55. The van der Waals surface area contributed by atoms with Crippen molar-refractivity contribution in [2.45, 2.75) is 32.2 Å². The van der Waals surface area contributed by atoms with Gasteiger partial charge in [0.2, 0.25) is 0 Å². The molecule has 0 radical (unpaired) electrons. The van der Waals surface area contributed by atoms with Gasteiger partial charge in [-0.1, -0.05) is 18.2 Å². The number of hydrogen-bond donors (Lipinski definition) is 1. The highest BCUT2D eigenvalue weighted by Gasteiger charge is 2.35. The van der Waals surface area contributed by atoms with Crippen molar-refractivity contribution in [2.75, 3.05) is 20.3 Å². The number of carbonyl (C=O) groups is 1. The van der Waals surface area contributed by atoms with Gasteiger partial charge >= 0.3 is 12.1 Å². The van der Waals surface area contributed by atoms with Crippen molar-refractivity contribution in [2.24, 2.45) is 5.73 Å². The number of methoxy groups -OCH3 is 1. The molecule has 0 atom stereocenters. The van der Waals surface area contributed by atoms with Crippen LogP contribution in [0.15, 0.2) is 59.3 Å². The molecular formula is C28H26F4N2O5. The third-order valence-corrected chi connectivity index (χ3v) is 5.94. The number of furan rings is 1. The molecule has 2 aromatic carbocycles. The molecule has 2 aromatic heterocycles. The summed E-state index contributed by atoms with van der Waals surface area (Å²) in [6.07, 6.45) is -2.26. The Hall–Kier alpha value is -3.96. The average molecular weight is 547 g/mol. The first-order valence-corrected chi connectivity index (χ1v) is 12.0. The van der Waals surface area contributed by atoms with Crippen LogP contribution < -0.4 is 10.5 Å². The summed E-state index contributed by atoms with van der Waals surface area (Å²) < 4.78 is 77.6. The van der Waals surface area contributed by atoms with Crippen LogP contribution >= 0.6 is 0 Å². The van der Waals surface area contributed by atoms with Crippen LogP contribution in [0.25, 0.3) is 22.1 Å². The van der Waals surface area contributed by atoms with Crippen molar-refractivity contribution in [3.8, 4) is 16.9 Å². The number of nitrogens with two attached hydrogens (primary N) is 1. The van der Waals surface area contributed by atoms with E-state index in [1.165, 1.54) is 24.4 Å². The number of halogens is 4. The van der Waals surface area contributed by atoms with Gasteiger partial charge in [0.15, 0.2) is 5.82 Å². The minimum atomic E-state index is -4.70. The molecule has 0 saturated carbocycles. The number of hydrogen-bond acceptors (Lipinski definition) is 7. The van der Waals surface area contributed by atoms with Crippen molar-refractivity contribution in [3.05, 3.63) is 83.1 Å². The van der Waals surface area contributed by atoms with Gasteiger partial charge in [-0.25, -0.2) is 4.39 Å². The second-order valence-electron chi connectivity index (χ2n) is 8.63. The van der Waals surface area contributed by atoms with Crippen molar-refractivity contribution in [1.29, 1.82) is 0 Å². The van der Waals surface area contributed by atoms with E-state index in [9.17, 15) is 18.0 Å². The summed E-state index contributed by atoms with van der Waals surface area (Å²) >= 11 is 0. The quantitative estimate of drug-likeness (QED) is 0.144. The van der Waals surface area contributed by atoms with Crippen molar-refractivity contribution < 1.29 is 41.0 Å². The molecule has 0 aliphatic heterocycles. The van der Waals surface area contributed by atoms with Crippen LogP contribution in [0.5, 0.6) is 5.75 Å². The largest absolute Gasteiger partial charge is 0.489 e. The van der Waals surface area contributed by atoms with E-state index in [1.807, 2.05) is 0 Å². The van der Waals surface area contributed by atoms with Crippen LogP contribution in [0.1, 0.15) is 28.8 Å². The molecule has 0 fully saturated rings. The van der Waals surface area contributed by atoms with Crippen LogP contribution in [0, 0.1) is 5.82 Å². The van der Waals surface area contributed by atoms with E-state index in [0.29, 0.717) is 36.2 Å². The van der Waals surface area contributed by atoms with Gasteiger partial charge in [-0.05, 0) is 29.8 Å². The molecule has 2 heterocycles. The number of aromatic nitrogens is 1. The topological polar surface area (TPSA) is 96.8 Å².